The first-order valence-corrected chi connectivity index (χ1v) is 7.26. The third-order valence-electron chi connectivity index (χ3n) is 3.99. The van der Waals surface area contributed by atoms with Gasteiger partial charge in [-0.05, 0) is 51.6 Å². The highest BCUT2D eigenvalue weighted by Gasteiger charge is 2.18. The Labute approximate surface area is 115 Å². The van der Waals surface area contributed by atoms with Crippen molar-refractivity contribution in [3.63, 3.8) is 0 Å². The first-order chi connectivity index (χ1) is 9.22. The molecule has 0 spiro atoms. The topological polar surface area (TPSA) is 21.3 Å². The minimum absolute atomic E-state index is 0.0704. The average Bonchev–Trinajstić information content (AvgIpc) is 2.92. The Balaban J connectivity index is 1.90. The van der Waals surface area contributed by atoms with Crippen molar-refractivity contribution in [2.24, 2.45) is 0 Å². The van der Waals surface area contributed by atoms with Crippen molar-refractivity contribution in [1.29, 1.82) is 0 Å². The Morgan fingerprint density at radius 2 is 2.32 bits per heavy atom. The Kier molecular flexibility index (Phi) is 5.34. The number of halogens is 1. The molecule has 2 atom stereocenters. The van der Waals surface area contributed by atoms with Crippen molar-refractivity contribution >= 4 is 0 Å². The number of hydrogen-bond acceptors (Lipinski definition) is 2. The molecule has 0 saturated carbocycles. The van der Waals surface area contributed by atoms with Crippen LogP contribution in [0.15, 0.2) is 18.2 Å². The first kappa shape index (κ1) is 14.5. The van der Waals surface area contributed by atoms with Crippen LogP contribution < -0.4 is 5.32 Å². The van der Waals surface area contributed by atoms with E-state index in [1.165, 1.54) is 12.8 Å². The molecule has 0 bridgehead atoms. The van der Waals surface area contributed by atoms with Crippen LogP contribution in [0.2, 0.25) is 0 Å². The lowest BCUT2D eigenvalue weighted by molar-refractivity contribution is 0.101. The van der Waals surface area contributed by atoms with Crippen LogP contribution in [-0.2, 0) is 4.74 Å². The van der Waals surface area contributed by atoms with Crippen LogP contribution in [0.25, 0.3) is 0 Å². The highest BCUT2D eigenvalue weighted by atomic mass is 19.1. The summed E-state index contributed by atoms with van der Waals surface area (Å²) in [6.07, 6.45) is 5.92. The minimum Gasteiger partial charge on any atom is -0.378 e. The maximum atomic E-state index is 14.1. The second-order valence-corrected chi connectivity index (χ2v) is 5.39. The van der Waals surface area contributed by atoms with Gasteiger partial charge in [0.15, 0.2) is 0 Å². The van der Waals surface area contributed by atoms with E-state index in [0.717, 1.165) is 37.0 Å². The van der Waals surface area contributed by atoms with E-state index in [1.807, 2.05) is 32.2 Å². The summed E-state index contributed by atoms with van der Waals surface area (Å²) in [5.74, 6) is -0.0704. The summed E-state index contributed by atoms with van der Waals surface area (Å²) in [7, 11) is 1.90. The van der Waals surface area contributed by atoms with Crippen molar-refractivity contribution < 1.29 is 9.13 Å². The zero-order chi connectivity index (χ0) is 13.7. The molecule has 0 radical (unpaired) electrons. The first-order valence-electron chi connectivity index (χ1n) is 7.26. The SMILES string of the molecule is CNC(CCCC1CCCO1)c1cccc(C)c1F. The van der Waals surface area contributed by atoms with E-state index in [0.29, 0.717) is 6.10 Å². The second kappa shape index (κ2) is 7.01. The van der Waals surface area contributed by atoms with Crippen LogP contribution in [0.3, 0.4) is 0 Å². The van der Waals surface area contributed by atoms with E-state index < -0.39 is 0 Å². The molecule has 1 N–H and O–H groups in total. The Hall–Kier alpha value is -0.930. The summed E-state index contributed by atoms with van der Waals surface area (Å²) >= 11 is 0. The summed E-state index contributed by atoms with van der Waals surface area (Å²) in [5, 5.41) is 3.23. The predicted octanol–water partition coefficient (Wildman–Crippen LogP) is 3.74. The molecule has 1 aliphatic heterocycles. The van der Waals surface area contributed by atoms with Crippen molar-refractivity contribution in [1.82, 2.24) is 5.32 Å². The number of aryl methyl sites for hydroxylation is 1. The standard InChI is InChI=1S/C16H24FNO/c1-12-6-3-9-14(16(12)17)15(18-2)10-4-7-13-8-5-11-19-13/h3,6,9,13,15,18H,4-5,7-8,10-11H2,1-2H3. The number of hydrogen-bond donors (Lipinski definition) is 1. The van der Waals surface area contributed by atoms with E-state index in [4.69, 9.17) is 4.74 Å². The summed E-state index contributed by atoms with van der Waals surface area (Å²) in [6, 6.07) is 5.73. The maximum Gasteiger partial charge on any atom is 0.130 e. The molecule has 1 fully saturated rings. The summed E-state index contributed by atoms with van der Waals surface area (Å²) in [5.41, 5.74) is 1.51. The molecule has 3 heteroatoms. The third-order valence-corrected chi connectivity index (χ3v) is 3.99. The number of rotatable bonds is 6. The summed E-state index contributed by atoms with van der Waals surface area (Å²) < 4.78 is 19.7. The van der Waals surface area contributed by atoms with Crippen LogP contribution >= 0.6 is 0 Å². The molecule has 2 unspecified atom stereocenters. The van der Waals surface area contributed by atoms with Crippen LogP contribution in [0.1, 0.15) is 49.3 Å². The molecular weight excluding hydrogens is 241 g/mol. The molecule has 1 aliphatic rings. The average molecular weight is 265 g/mol. The lowest BCUT2D eigenvalue weighted by Gasteiger charge is -2.19. The Morgan fingerprint density at radius 1 is 1.47 bits per heavy atom. The molecule has 0 amide bonds. The van der Waals surface area contributed by atoms with E-state index >= 15 is 0 Å². The van der Waals surface area contributed by atoms with Gasteiger partial charge >= 0.3 is 0 Å². The van der Waals surface area contributed by atoms with Gasteiger partial charge in [-0.1, -0.05) is 18.2 Å². The molecule has 2 nitrogen and oxygen atoms in total. The summed E-state index contributed by atoms with van der Waals surface area (Å²) in [6.45, 7) is 2.73. The van der Waals surface area contributed by atoms with Crippen LogP contribution in [0, 0.1) is 12.7 Å². The lowest BCUT2D eigenvalue weighted by atomic mass is 9.97. The molecule has 1 heterocycles. The van der Waals surface area contributed by atoms with Gasteiger partial charge in [0.05, 0.1) is 6.10 Å². The summed E-state index contributed by atoms with van der Waals surface area (Å²) in [4.78, 5) is 0. The molecule has 0 aromatic heterocycles. The van der Waals surface area contributed by atoms with Crippen LogP contribution in [-0.4, -0.2) is 19.8 Å². The fourth-order valence-corrected chi connectivity index (χ4v) is 2.82. The molecule has 1 aromatic rings. The number of ether oxygens (including phenoxy) is 1. The van der Waals surface area contributed by atoms with Gasteiger partial charge in [-0.15, -0.1) is 0 Å². The zero-order valence-corrected chi connectivity index (χ0v) is 11.9. The van der Waals surface area contributed by atoms with Crippen molar-refractivity contribution in [3.05, 3.63) is 35.1 Å². The molecule has 2 rings (SSSR count). The largest absolute Gasteiger partial charge is 0.378 e. The van der Waals surface area contributed by atoms with Crippen molar-refractivity contribution in [3.8, 4) is 0 Å². The lowest BCUT2D eigenvalue weighted by Crippen LogP contribution is -2.18. The van der Waals surface area contributed by atoms with E-state index in [1.54, 1.807) is 0 Å². The predicted molar refractivity (Wildman–Crippen MR) is 75.8 cm³/mol. The molecule has 1 saturated heterocycles. The number of benzene rings is 1. The van der Waals surface area contributed by atoms with E-state index in [-0.39, 0.29) is 11.9 Å². The van der Waals surface area contributed by atoms with Gasteiger partial charge in [-0.25, -0.2) is 4.39 Å². The maximum absolute atomic E-state index is 14.1. The molecule has 106 valence electrons. The molecule has 1 aromatic carbocycles. The Bertz CT molecular complexity index is 402. The monoisotopic (exact) mass is 265 g/mol. The van der Waals surface area contributed by atoms with Gasteiger partial charge in [-0.3, -0.25) is 0 Å². The fourth-order valence-electron chi connectivity index (χ4n) is 2.82. The second-order valence-electron chi connectivity index (χ2n) is 5.39. The molecular formula is C16H24FNO. The highest BCUT2D eigenvalue weighted by molar-refractivity contribution is 5.27. The van der Waals surface area contributed by atoms with Gasteiger partial charge in [-0.2, -0.15) is 0 Å². The highest BCUT2D eigenvalue weighted by Crippen LogP contribution is 2.25. The van der Waals surface area contributed by atoms with Gasteiger partial charge in [0, 0.05) is 18.2 Å². The quantitative estimate of drug-likeness (QED) is 0.846. The molecule has 0 aliphatic carbocycles. The normalized spacial score (nSPS) is 20.7. The smallest absolute Gasteiger partial charge is 0.130 e. The fraction of sp³-hybridized carbons (Fsp3) is 0.625. The van der Waals surface area contributed by atoms with Gasteiger partial charge in [0.25, 0.3) is 0 Å². The van der Waals surface area contributed by atoms with Crippen molar-refractivity contribution in [2.75, 3.05) is 13.7 Å². The Morgan fingerprint density at radius 3 is 3.00 bits per heavy atom. The van der Waals surface area contributed by atoms with E-state index in [2.05, 4.69) is 5.32 Å². The molecule has 19 heavy (non-hydrogen) atoms. The zero-order valence-electron chi connectivity index (χ0n) is 11.9. The van der Waals surface area contributed by atoms with Gasteiger partial charge < -0.3 is 10.1 Å². The van der Waals surface area contributed by atoms with Gasteiger partial charge in [0.2, 0.25) is 0 Å². The van der Waals surface area contributed by atoms with Gasteiger partial charge in [0.1, 0.15) is 5.82 Å². The van der Waals surface area contributed by atoms with Crippen LogP contribution in [0.5, 0.6) is 0 Å². The van der Waals surface area contributed by atoms with Crippen LogP contribution in [0.4, 0.5) is 4.39 Å². The van der Waals surface area contributed by atoms with Crippen molar-refractivity contribution in [2.45, 2.75) is 51.2 Å². The third kappa shape index (κ3) is 3.77. The van der Waals surface area contributed by atoms with E-state index in [9.17, 15) is 4.39 Å². The minimum atomic E-state index is -0.0704. The number of nitrogens with one attached hydrogen (secondary N) is 1.